The van der Waals surface area contributed by atoms with Crippen molar-refractivity contribution in [3.63, 3.8) is 0 Å². The third kappa shape index (κ3) is 5.64. The van der Waals surface area contributed by atoms with E-state index >= 15 is 0 Å². The van der Waals surface area contributed by atoms with Gasteiger partial charge in [0.15, 0.2) is 0 Å². The number of hydrogen-bond donors (Lipinski definition) is 0. The maximum absolute atomic E-state index is 13.0. The molecule has 0 spiro atoms. The smallest absolute Gasteiger partial charge is 0.119 e. The van der Waals surface area contributed by atoms with Crippen LogP contribution >= 0.6 is 0 Å². The van der Waals surface area contributed by atoms with Crippen molar-refractivity contribution in [1.29, 1.82) is 0 Å². The second-order valence-electron chi connectivity index (χ2n) is 3.73. The van der Waals surface area contributed by atoms with Crippen molar-refractivity contribution >= 4 is 5.71 Å². The van der Waals surface area contributed by atoms with Crippen LogP contribution in [0.2, 0.25) is 0 Å². The molecule has 1 nitrogen and oxygen atoms in total. The topological polar surface area (TPSA) is 12.4 Å². The Balaban J connectivity index is 5.07. The van der Waals surface area contributed by atoms with Gasteiger partial charge in [-0.15, -0.1) is 0 Å². The first-order chi connectivity index (χ1) is 7.54. The molecule has 90 valence electrons. The second-order valence-corrected chi connectivity index (χ2v) is 3.73. The minimum atomic E-state index is -0.231. The van der Waals surface area contributed by atoms with Gasteiger partial charge in [0.1, 0.15) is 5.83 Å². The predicted molar refractivity (Wildman–Crippen MR) is 70.4 cm³/mol. The van der Waals surface area contributed by atoms with E-state index in [1.807, 2.05) is 13.8 Å². The molecular weight excluding hydrogens is 201 g/mol. The Morgan fingerprint density at radius 1 is 1.12 bits per heavy atom. The highest BCUT2D eigenvalue weighted by atomic mass is 19.1. The van der Waals surface area contributed by atoms with Crippen molar-refractivity contribution in [3.8, 4) is 0 Å². The molecule has 2 heteroatoms. The lowest BCUT2D eigenvalue weighted by atomic mass is 10.1. The molecule has 0 unspecified atom stereocenters. The van der Waals surface area contributed by atoms with Gasteiger partial charge in [-0.1, -0.05) is 19.9 Å². The summed E-state index contributed by atoms with van der Waals surface area (Å²) >= 11 is 0. The second kappa shape index (κ2) is 8.03. The molecule has 0 bridgehead atoms. The van der Waals surface area contributed by atoms with Crippen molar-refractivity contribution in [2.75, 3.05) is 0 Å². The zero-order valence-electron chi connectivity index (χ0n) is 11.0. The number of allylic oxidation sites excluding steroid dienone is 5. The fourth-order valence-electron chi connectivity index (χ4n) is 0.996. The first-order valence-electron chi connectivity index (χ1n) is 5.78. The van der Waals surface area contributed by atoms with E-state index in [1.165, 1.54) is 17.7 Å². The Labute approximate surface area is 98.5 Å². The van der Waals surface area contributed by atoms with Crippen LogP contribution in [0.1, 0.15) is 47.5 Å². The number of aliphatic imine (C=N–C) groups is 1. The van der Waals surface area contributed by atoms with E-state index in [2.05, 4.69) is 18.8 Å². The van der Waals surface area contributed by atoms with Gasteiger partial charge in [0.25, 0.3) is 0 Å². The van der Waals surface area contributed by atoms with E-state index in [1.54, 1.807) is 13.0 Å². The average molecular weight is 223 g/mol. The molecule has 16 heavy (non-hydrogen) atoms. The number of hydrogen-bond acceptors (Lipinski definition) is 1. The Morgan fingerprint density at radius 2 is 1.75 bits per heavy atom. The molecule has 0 heterocycles. The first-order valence-corrected chi connectivity index (χ1v) is 5.78. The van der Waals surface area contributed by atoms with Gasteiger partial charge in [-0.3, -0.25) is 4.99 Å². The molecule has 0 aliphatic heterocycles. The Bertz CT molecular complexity index is 333. The summed E-state index contributed by atoms with van der Waals surface area (Å²) in [7, 11) is 0. The minimum absolute atomic E-state index is 0.231. The largest absolute Gasteiger partial charge is 0.258 e. The van der Waals surface area contributed by atoms with E-state index in [-0.39, 0.29) is 5.83 Å². The average Bonchev–Trinajstić information content (AvgIpc) is 2.32. The minimum Gasteiger partial charge on any atom is -0.258 e. The van der Waals surface area contributed by atoms with E-state index in [9.17, 15) is 4.39 Å². The van der Waals surface area contributed by atoms with Crippen molar-refractivity contribution in [2.24, 2.45) is 4.99 Å². The fraction of sp³-hybridized carbons (Fsp3) is 0.500. The summed E-state index contributed by atoms with van der Waals surface area (Å²) in [6.45, 7) is 9.83. The van der Waals surface area contributed by atoms with Gasteiger partial charge in [0.05, 0.1) is 5.70 Å². The fourth-order valence-corrected chi connectivity index (χ4v) is 0.996. The van der Waals surface area contributed by atoms with Crippen LogP contribution in [0.4, 0.5) is 4.39 Å². The van der Waals surface area contributed by atoms with Crippen LogP contribution in [0.25, 0.3) is 0 Å². The van der Waals surface area contributed by atoms with Crippen molar-refractivity contribution in [1.82, 2.24) is 0 Å². The lowest BCUT2D eigenvalue weighted by molar-refractivity contribution is 0.664. The monoisotopic (exact) mass is 223 g/mol. The van der Waals surface area contributed by atoms with E-state index in [4.69, 9.17) is 0 Å². The highest BCUT2D eigenvalue weighted by Crippen LogP contribution is 2.13. The number of nitrogens with zero attached hydrogens (tertiary/aromatic N) is 1. The quantitative estimate of drug-likeness (QED) is 0.461. The Hall–Kier alpha value is -1.18. The zero-order valence-corrected chi connectivity index (χ0v) is 11.0. The predicted octanol–water partition coefficient (Wildman–Crippen LogP) is 4.97. The molecular formula is C14H22FN. The first kappa shape index (κ1) is 14.8. The van der Waals surface area contributed by atoms with Crippen LogP contribution in [0.5, 0.6) is 0 Å². The maximum Gasteiger partial charge on any atom is 0.119 e. The van der Waals surface area contributed by atoms with Crippen LogP contribution < -0.4 is 0 Å². The summed E-state index contributed by atoms with van der Waals surface area (Å²) in [5, 5.41) is 0. The van der Waals surface area contributed by atoms with Crippen molar-refractivity contribution < 1.29 is 4.39 Å². The SMILES string of the molecule is C\C=C(F)/C=C\C(N=C(C)CC)=C(/C)CC. The normalized spacial score (nSPS) is 15.6. The molecule has 0 radical (unpaired) electrons. The van der Waals surface area contributed by atoms with Crippen molar-refractivity contribution in [3.05, 3.63) is 35.3 Å². The molecule has 0 aromatic heterocycles. The van der Waals surface area contributed by atoms with Gasteiger partial charge in [-0.2, -0.15) is 0 Å². The third-order valence-corrected chi connectivity index (χ3v) is 2.47. The summed E-state index contributed by atoms with van der Waals surface area (Å²) in [4.78, 5) is 4.49. The molecule has 0 atom stereocenters. The van der Waals surface area contributed by atoms with Crippen LogP contribution in [0.3, 0.4) is 0 Å². The molecule has 0 aromatic carbocycles. The lowest BCUT2D eigenvalue weighted by Crippen LogP contribution is -1.90. The van der Waals surface area contributed by atoms with Gasteiger partial charge in [-0.05, 0) is 51.3 Å². The van der Waals surface area contributed by atoms with Crippen molar-refractivity contribution in [2.45, 2.75) is 47.5 Å². The van der Waals surface area contributed by atoms with E-state index in [0.29, 0.717) is 0 Å². The zero-order chi connectivity index (χ0) is 12.6. The molecule has 0 fully saturated rings. The summed E-state index contributed by atoms with van der Waals surface area (Å²) in [5.74, 6) is -0.231. The van der Waals surface area contributed by atoms with Crippen LogP contribution in [0, 0.1) is 0 Å². The van der Waals surface area contributed by atoms with Crippen LogP contribution in [-0.2, 0) is 0 Å². The van der Waals surface area contributed by atoms with Gasteiger partial charge in [0.2, 0.25) is 0 Å². The molecule has 0 aliphatic rings. The molecule has 0 aliphatic carbocycles. The van der Waals surface area contributed by atoms with E-state index in [0.717, 1.165) is 24.3 Å². The molecule has 0 aromatic rings. The summed E-state index contributed by atoms with van der Waals surface area (Å²) < 4.78 is 13.0. The van der Waals surface area contributed by atoms with Crippen LogP contribution in [0.15, 0.2) is 40.3 Å². The Morgan fingerprint density at radius 3 is 2.19 bits per heavy atom. The summed E-state index contributed by atoms with van der Waals surface area (Å²) in [6.07, 6.45) is 6.48. The maximum atomic E-state index is 13.0. The molecule has 0 saturated heterocycles. The van der Waals surface area contributed by atoms with E-state index < -0.39 is 0 Å². The summed E-state index contributed by atoms with van der Waals surface area (Å²) in [5.41, 5.74) is 3.11. The van der Waals surface area contributed by atoms with Crippen LogP contribution in [-0.4, -0.2) is 5.71 Å². The number of halogens is 1. The van der Waals surface area contributed by atoms with Gasteiger partial charge in [-0.25, -0.2) is 4.39 Å². The summed E-state index contributed by atoms with van der Waals surface area (Å²) in [6, 6.07) is 0. The molecule has 0 N–H and O–H groups in total. The standard InChI is InChI=1S/C14H22FN/c1-6-11(4)14(16-12(5)7-2)10-9-13(15)8-3/h8-10H,6-7H2,1-5H3/b10-9-,13-8+,14-11-,16-12?. The highest BCUT2D eigenvalue weighted by molar-refractivity contribution is 5.82. The Kier molecular flexibility index (Phi) is 7.44. The van der Waals surface area contributed by atoms with Gasteiger partial charge in [0, 0.05) is 5.71 Å². The highest BCUT2D eigenvalue weighted by Gasteiger charge is 1.97. The molecule has 0 saturated carbocycles. The van der Waals surface area contributed by atoms with Gasteiger partial charge >= 0.3 is 0 Å². The third-order valence-electron chi connectivity index (χ3n) is 2.47. The lowest BCUT2D eigenvalue weighted by Gasteiger charge is -2.03. The molecule has 0 amide bonds. The van der Waals surface area contributed by atoms with Gasteiger partial charge < -0.3 is 0 Å². The molecule has 0 rings (SSSR count). The number of rotatable bonds is 5.